The molecule has 4 heteroatoms. The second kappa shape index (κ2) is 7.81. The second-order valence-corrected chi connectivity index (χ2v) is 5.32. The van der Waals surface area contributed by atoms with E-state index in [1.54, 1.807) is 0 Å². The van der Waals surface area contributed by atoms with Gasteiger partial charge in [-0.25, -0.2) is 4.79 Å². The molecule has 0 aliphatic carbocycles. The molecule has 3 nitrogen and oxygen atoms in total. The molecular weight excluding hydrogens is 286 g/mol. The molecule has 0 aliphatic rings. The number of ether oxygens (including phenoxy) is 1. The summed E-state index contributed by atoms with van der Waals surface area (Å²) in [5, 5.41) is 2.72. The molecule has 0 aliphatic heterocycles. The summed E-state index contributed by atoms with van der Waals surface area (Å²) in [5.41, 5.74) is 2.25. The Morgan fingerprint density at radius 3 is 2.38 bits per heavy atom. The van der Waals surface area contributed by atoms with Gasteiger partial charge in [0.05, 0.1) is 7.11 Å². The molecular formula is C17H19ClNO2+. The SMILES string of the molecule is COC(=O)[C@@H](Cc1ccccc1)[NH2+]Cc1ccc(Cl)cc1. The fourth-order valence-electron chi connectivity index (χ4n) is 2.18. The smallest absolute Gasteiger partial charge is 0.364 e. The molecule has 2 N–H and O–H groups in total. The Balaban J connectivity index is 1.99. The average Bonchev–Trinajstić information content (AvgIpc) is 2.53. The van der Waals surface area contributed by atoms with Crippen LogP contribution < -0.4 is 5.32 Å². The summed E-state index contributed by atoms with van der Waals surface area (Å²) >= 11 is 5.87. The van der Waals surface area contributed by atoms with Gasteiger partial charge in [0.15, 0.2) is 6.04 Å². The van der Waals surface area contributed by atoms with Gasteiger partial charge in [0.2, 0.25) is 0 Å². The van der Waals surface area contributed by atoms with Crippen LogP contribution in [0.15, 0.2) is 54.6 Å². The number of carbonyl (C=O) groups excluding carboxylic acids is 1. The Kier molecular flexibility index (Phi) is 5.78. The summed E-state index contributed by atoms with van der Waals surface area (Å²) in [5.74, 6) is -0.201. The summed E-state index contributed by atoms with van der Waals surface area (Å²) in [7, 11) is 1.43. The first kappa shape index (κ1) is 15.5. The zero-order valence-corrected chi connectivity index (χ0v) is 12.7. The first-order chi connectivity index (χ1) is 10.2. The fraction of sp³-hybridized carbons (Fsp3) is 0.235. The maximum absolute atomic E-state index is 11.9. The molecule has 0 aromatic heterocycles. The third-order valence-electron chi connectivity index (χ3n) is 3.35. The Bertz CT molecular complexity index is 569. The van der Waals surface area contributed by atoms with Crippen LogP contribution in [0, 0.1) is 0 Å². The standard InChI is InChI=1S/C17H18ClNO2/c1-21-17(20)16(11-13-5-3-2-4-6-13)19-12-14-7-9-15(18)10-8-14/h2-10,16,19H,11-12H2,1H3/p+1/t16-/m1/s1. The summed E-state index contributed by atoms with van der Waals surface area (Å²) in [4.78, 5) is 11.9. The van der Waals surface area contributed by atoms with Gasteiger partial charge in [-0.05, 0) is 17.7 Å². The third-order valence-corrected chi connectivity index (χ3v) is 3.61. The maximum Gasteiger partial charge on any atom is 0.364 e. The molecule has 0 amide bonds. The summed E-state index contributed by atoms with van der Waals surface area (Å²) < 4.78 is 4.90. The predicted octanol–water partition coefficient (Wildman–Crippen LogP) is 2.19. The van der Waals surface area contributed by atoms with Crippen LogP contribution in [-0.4, -0.2) is 19.1 Å². The van der Waals surface area contributed by atoms with E-state index in [9.17, 15) is 4.79 Å². The number of hydrogen-bond donors (Lipinski definition) is 1. The van der Waals surface area contributed by atoms with E-state index in [0.717, 1.165) is 11.1 Å². The summed E-state index contributed by atoms with van der Waals surface area (Å²) in [6.45, 7) is 0.712. The highest BCUT2D eigenvalue weighted by Gasteiger charge is 2.22. The molecule has 2 aromatic carbocycles. The van der Waals surface area contributed by atoms with Crippen LogP contribution in [0.4, 0.5) is 0 Å². The molecule has 0 saturated carbocycles. The van der Waals surface area contributed by atoms with Gasteiger partial charge in [0.1, 0.15) is 6.54 Å². The zero-order valence-electron chi connectivity index (χ0n) is 12.0. The molecule has 2 aromatic rings. The average molecular weight is 305 g/mol. The molecule has 0 fully saturated rings. The van der Waals surface area contributed by atoms with Gasteiger partial charge in [-0.15, -0.1) is 0 Å². The van der Waals surface area contributed by atoms with Crippen molar-refractivity contribution in [2.45, 2.75) is 19.0 Å². The van der Waals surface area contributed by atoms with Gasteiger partial charge in [-0.1, -0.05) is 54.1 Å². The molecule has 0 heterocycles. The highest BCUT2D eigenvalue weighted by molar-refractivity contribution is 6.30. The first-order valence-corrected chi connectivity index (χ1v) is 7.26. The maximum atomic E-state index is 11.9. The number of quaternary nitrogens is 1. The lowest BCUT2D eigenvalue weighted by Gasteiger charge is -2.13. The Morgan fingerprint density at radius 1 is 1.10 bits per heavy atom. The van der Waals surface area contributed by atoms with E-state index in [1.807, 2.05) is 59.9 Å². The van der Waals surface area contributed by atoms with E-state index < -0.39 is 0 Å². The minimum Gasteiger partial charge on any atom is -0.465 e. The Morgan fingerprint density at radius 2 is 1.76 bits per heavy atom. The quantitative estimate of drug-likeness (QED) is 0.831. The minimum atomic E-state index is -0.243. The molecule has 0 bridgehead atoms. The topological polar surface area (TPSA) is 42.9 Å². The molecule has 0 radical (unpaired) electrons. The molecule has 2 rings (SSSR count). The summed E-state index contributed by atoms with van der Waals surface area (Å²) in [6, 6.07) is 17.4. The molecule has 21 heavy (non-hydrogen) atoms. The van der Waals surface area contributed by atoms with Crippen LogP contribution in [0.2, 0.25) is 5.02 Å². The van der Waals surface area contributed by atoms with Gasteiger partial charge in [-0.2, -0.15) is 0 Å². The van der Waals surface area contributed by atoms with Gasteiger partial charge >= 0.3 is 5.97 Å². The van der Waals surface area contributed by atoms with Crippen molar-refractivity contribution < 1.29 is 14.8 Å². The van der Waals surface area contributed by atoms with E-state index >= 15 is 0 Å². The van der Waals surface area contributed by atoms with Crippen molar-refractivity contribution in [3.8, 4) is 0 Å². The molecule has 0 spiro atoms. The highest BCUT2D eigenvalue weighted by Crippen LogP contribution is 2.08. The lowest BCUT2D eigenvalue weighted by Crippen LogP contribution is -2.91. The van der Waals surface area contributed by atoms with E-state index in [-0.39, 0.29) is 12.0 Å². The monoisotopic (exact) mass is 304 g/mol. The van der Waals surface area contributed by atoms with Gasteiger partial charge < -0.3 is 10.1 Å². The van der Waals surface area contributed by atoms with Crippen LogP contribution in [0.25, 0.3) is 0 Å². The number of carbonyl (C=O) groups is 1. The van der Waals surface area contributed by atoms with E-state index in [1.165, 1.54) is 7.11 Å². The lowest BCUT2D eigenvalue weighted by molar-refractivity contribution is -0.693. The van der Waals surface area contributed by atoms with Crippen LogP contribution in [0.5, 0.6) is 0 Å². The van der Waals surface area contributed by atoms with E-state index in [0.29, 0.717) is 18.0 Å². The van der Waals surface area contributed by atoms with Crippen LogP contribution >= 0.6 is 11.6 Å². The van der Waals surface area contributed by atoms with Crippen molar-refractivity contribution >= 4 is 17.6 Å². The number of nitrogens with two attached hydrogens (primary N) is 1. The number of halogens is 1. The minimum absolute atomic E-state index is 0.201. The second-order valence-electron chi connectivity index (χ2n) is 4.89. The largest absolute Gasteiger partial charge is 0.465 e. The van der Waals surface area contributed by atoms with Gasteiger partial charge in [0.25, 0.3) is 0 Å². The van der Waals surface area contributed by atoms with Crippen molar-refractivity contribution in [2.24, 2.45) is 0 Å². The first-order valence-electron chi connectivity index (χ1n) is 6.88. The lowest BCUT2D eigenvalue weighted by atomic mass is 10.1. The van der Waals surface area contributed by atoms with Gasteiger partial charge in [-0.3, -0.25) is 0 Å². The number of methoxy groups -OCH3 is 1. The highest BCUT2D eigenvalue weighted by atomic mass is 35.5. The molecule has 0 saturated heterocycles. The zero-order chi connectivity index (χ0) is 15.1. The molecule has 1 atom stereocenters. The third kappa shape index (κ3) is 4.88. The number of rotatable bonds is 6. The molecule has 110 valence electrons. The fourth-order valence-corrected chi connectivity index (χ4v) is 2.31. The van der Waals surface area contributed by atoms with Crippen molar-refractivity contribution in [2.75, 3.05) is 7.11 Å². The van der Waals surface area contributed by atoms with E-state index in [2.05, 4.69) is 0 Å². The number of esters is 1. The van der Waals surface area contributed by atoms with Crippen LogP contribution in [-0.2, 0) is 22.5 Å². The summed E-state index contributed by atoms with van der Waals surface area (Å²) in [6.07, 6.45) is 0.654. The normalized spacial score (nSPS) is 11.9. The predicted molar refractivity (Wildman–Crippen MR) is 83.0 cm³/mol. The Hall–Kier alpha value is -1.84. The number of hydrogen-bond acceptors (Lipinski definition) is 2. The van der Waals surface area contributed by atoms with Crippen LogP contribution in [0.3, 0.4) is 0 Å². The molecule has 0 unspecified atom stereocenters. The van der Waals surface area contributed by atoms with Gasteiger partial charge in [0, 0.05) is 17.0 Å². The van der Waals surface area contributed by atoms with Crippen molar-refractivity contribution in [3.05, 3.63) is 70.7 Å². The number of benzene rings is 2. The van der Waals surface area contributed by atoms with E-state index in [4.69, 9.17) is 16.3 Å². The van der Waals surface area contributed by atoms with Crippen molar-refractivity contribution in [1.29, 1.82) is 0 Å². The van der Waals surface area contributed by atoms with Crippen molar-refractivity contribution in [1.82, 2.24) is 0 Å². The Labute approximate surface area is 129 Å². The van der Waals surface area contributed by atoms with Crippen LogP contribution in [0.1, 0.15) is 11.1 Å². The van der Waals surface area contributed by atoms with Crippen molar-refractivity contribution in [3.63, 3.8) is 0 Å².